The van der Waals surface area contributed by atoms with E-state index in [1.54, 1.807) is 0 Å². The number of alkyl halides is 2. The van der Waals surface area contributed by atoms with Crippen LogP contribution in [0.3, 0.4) is 0 Å². The van der Waals surface area contributed by atoms with Gasteiger partial charge >= 0.3 is 0 Å². The molecule has 3 N–H and O–H groups in total. The Morgan fingerprint density at radius 2 is 2.23 bits per heavy atom. The normalized spacial score (nSPS) is 10.5. The molecule has 0 aliphatic rings. The second kappa shape index (κ2) is 3.42. The maximum absolute atomic E-state index is 12.3. The van der Waals surface area contributed by atoms with E-state index in [9.17, 15) is 13.6 Å². The van der Waals surface area contributed by atoms with E-state index in [2.05, 4.69) is 9.72 Å². The van der Waals surface area contributed by atoms with Crippen molar-refractivity contribution in [3.05, 3.63) is 21.9 Å². The maximum atomic E-state index is 12.3. The van der Waals surface area contributed by atoms with Crippen molar-refractivity contribution >= 4 is 5.82 Å². The zero-order chi connectivity index (χ0) is 10.0. The van der Waals surface area contributed by atoms with Gasteiger partial charge in [0.1, 0.15) is 11.4 Å². The van der Waals surface area contributed by atoms with E-state index in [0.29, 0.717) is 0 Å². The molecule has 0 radical (unpaired) electrons. The van der Waals surface area contributed by atoms with Gasteiger partial charge in [0.25, 0.3) is 6.43 Å². The van der Waals surface area contributed by atoms with Gasteiger partial charge in [-0.05, 0) is 0 Å². The van der Waals surface area contributed by atoms with Crippen LogP contribution in [0.15, 0.2) is 10.9 Å². The molecule has 0 saturated carbocycles. The van der Waals surface area contributed by atoms with Crippen LogP contribution in [0.4, 0.5) is 14.6 Å². The number of hydrogen-bond acceptors (Lipinski definition) is 3. The molecule has 1 aromatic rings. The summed E-state index contributed by atoms with van der Waals surface area (Å²) >= 11 is 0. The van der Waals surface area contributed by atoms with E-state index in [1.165, 1.54) is 7.11 Å². The SMILES string of the molecule is COc1[nH]c(N)cc(=O)c1C(F)F. The summed E-state index contributed by atoms with van der Waals surface area (Å²) in [5, 5.41) is 0. The molecular formula is C7H8F2N2O2. The average Bonchev–Trinajstić information content (AvgIpc) is 2.01. The van der Waals surface area contributed by atoms with E-state index in [4.69, 9.17) is 5.73 Å². The second-order valence-corrected chi connectivity index (χ2v) is 2.34. The molecule has 0 atom stereocenters. The van der Waals surface area contributed by atoms with Gasteiger partial charge in [-0.3, -0.25) is 4.79 Å². The summed E-state index contributed by atoms with van der Waals surface area (Å²) in [5.41, 5.74) is 3.70. The number of nitrogens with one attached hydrogen (secondary N) is 1. The fourth-order valence-electron chi connectivity index (χ4n) is 0.933. The highest BCUT2D eigenvalue weighted by molar-refractivity contribution is 5.38. The minimum atomic E-state index is -2.88. The number of nitrogens with two attached hydrogens (primary N) is 1. The number of methoxy groups -OCH3 is 1. The predicted molar refractivity (Wildman–Crippen MR) is 43.0 cm³/mol. The van der Waals surface area contributed by atoms with E-state index in [1.807, 2.05) is 0 Å². The minimum Gasteiger partial charge on any atom is -0.482 e. The van der Waals surface area contributed by atoms with Crippen LogP contribution in [0.5, 0.6) is 5.88 Å². The van der Waals surface area contributed by atoms with Gasteiger partial charge in [-0.2, -0.15) is 0 Å². The fourth-order valence-corrected chi connectivity index (χ4v) is 0.933. The molecule has 0 fully saturated rings. The lowest BCUT2D eigenvalue weighted by molar-refractivity contribution is 0.145. The van der Waals surface area contributed by atoms with Crippen LogP contribution in [-0.4, -0.2) is 12.1 Å². The number of H-pyrrole nitrogens is 1. The number of ether oxygens (including phenoxy) is 1. The van der Waals surface area contributed by atoms with Crippen molar-refractivity contribution in [1.29, 1.82) is 0 Å². The maximum Gasteiger partial charge on any atom is 0.272 e. The summed E-state index contributed by atoms with van der Waals surface area (Å²) in [6.07, 6.45) is -2.88. The molecule has 72 valence electrons. The van der Waals surface area contributed by atoms with Gasteiger partial charge in [-0.1, -0.05) is 0 Å². The summed E-state index contributed by atoms with van der Waals surface area (Å²) in [6.45, 7) is 0. The quantitative estimate of drug-likeness (QED) is 0.728. The molecule has 0 amide bonds. The van der Waals surface area contributed by atoms with Crippen LogP contribution in [-0.2, 0) is 0 Å². The highest BCUT2D eigenvalue weighted by Crippen LogP contribution is 2.23. The molecule has 4 nitrogen and oxygen atoms in total. The minimum absolute atomic E-state index is 0.00810. The fraction of sp³-hybridized carbons (Fsp3) is 0.286. The van der Waals surface area contributed by atoms with Gasteiger partial charge in [0, 0.05) is 6.07 Å². The molecule has 0 unspecified atom stereocenters. The lowest BCUT2D eigenvalue weighted by Gasteiger charge is -2.06. The zero-order valence-corrected chi connectivity index (χ0v) is 6.80. The van der Waals surface area contributed by atoms with E-state index < -0.39 is 17.4 Å². The monoisotopic (exact) mass is 190 g/mol. The molecule has 13 heavy (non-hydrogen) atoms. The molecule has 1 heterocycles. The third kappa shape index (κ3) is 1.77. The highest BCUT2D eigenvalue weighted by Gasteiger charge is 2.18. The molecule has 6 heteroatoms. The Balaban J connectivity index is 3.39. The molecule has 0 aliphatic heterocycles. The van der Waals surface area contributed by atoms with Gasteiger partial charge in [0.2, 0.25) is 5.88 Å². The Bertz CT molecular complexity index is 362. The molecular weight excluding hydrogens is 182 g/mol. The number of aromatic amines is 1. The van der Waals surface area contributed by atoms with Crippen LogP contribution in [0, 0.1) is 0 Å². The summed E-state index contributed by atoms with van der Waals surface area (Å²) in [6, 6.07) is 0.893. The van der Waals surface area contributed by atoms with Gasteiger partial charge < -0.3 is 15.5 Å². The van der Waals surface area contributed by atoms with Gasteiger partial charge in [0.05, 0.1) is 7.11 Å². The lowest BCUT2D eigenvalue weighted by Crippen LogP contribution is -2.13. The molecule has 0 saturated heterocycles. The van der Waals surface area contributed by atoms with Gasteiger partial charge in [0.15, 0.2) is 5.43 Å². The van der Waals surface area contributed by atoms with Crippen molar-refractivity contribution in [1.82, 2.24) is 4.98 Å². The summed E-state index contributed by atoms with van der Waals surface area (Å²) in [4.78, 5) is 13.3. The molecule has 0 spiro atoms. The summed E-state index contributed by atoms with van der Waals surface area (Å²) in [5.74, 6) is -0.300. The topological polar surface area (TPSA) is 68.1 Å². The van der Waals surface area contributed by atoms with Crippen LogP contribution < -0.4 is 15.9 Å². The van der Waals surface area contributed by atoms with Crippen LogP contribution >= 0.6 is 0 Å². The molecule has 0 aliphatic carbocycles. The zero-order valence-electron chi connectivity index (χ0n) is 6.80. The van der Waals surface area contributed by atoms with Crippen LogP contribution in [0.1, 0.15) is 12.0 Å². The van der Waals surface area contributed by atoms with Crippen molar-refractivity contribution in [2.75, 3.05) is 12.8 Å². The summed E-state index contributed by atoms with van der Waals surface area (Å²) in [7, 11) is 1.18. The van der Waals surface area contributed by atoms with E-state index in [0.717, 1.165) is 6.07 Å². The van der Waals surface area contributed by atoms with Gasteiger partial charge in [-0.15, -0.1) is 0 Å². The number of anilines is 1. The van der Waals surface area contributed by atoms with Crippen LogP contribution in [0.2, 0.25) is 0 Å². The predicted octanol–water partition coefficient (Wildman–Crippen LogP) is 0.903. The summed E-state index contributed by atoms with van der Waals surface area (Å²) < 4.78 is 29.1. The first-order valence-electron chi connectivity index (χ1n) is 3.41. The average molecular weight is 190 g/mol. The van der Waals surface area contributed by atoms with Gasteiger partial charge in [-0.25, -0.2) is 8.78 Å². The van der Waals surface area contributed by atoms with E-state index in [-0.39, 0.29) is 11.7 Å². The first-order chi connectivity index (χ1) is 6.06. The van der Waals surface area contributed by atoms with Crippen molar-refractivity contribution in [2.45, 2.75) is 6.43 Å². The molecule has 0 bridgehead atoms. The van der Waals surface area contributed by atoms with Crippen molar-refractivity contribution in [3.8, 4) is 5.88 Å². The first-order valence-corrected chi connectivity index (χ1v) is 3.41. The Morgan fingerprint density at radius 1 is 1.62 bits per heavy atom. The molecule has 0 aromatic carbocycles. The molecule has 1 rings (SSSR count). The van der Waals surface area contributed by atoms with Crippen molar-refractivity contribution < 1.29 is 13.5 Å². The number of pyridine rings is 1. The molecule has 1 aromatic heterocycles. The Morgan fingerprint density at radius 3 is 2.69 bits per heavy atom. The first kappa shape index (κ1) is 9.50. The van der Waals surface area contributed by atoms with Crippen molar-refractivity contribution in [2.24, 2.45) is 0 Å². The smallest absolute Gasteiger partial charge is 0.272 e. The van der Waals surface area contributed by atoms with Crippen molar-refractivity contribution in [3.63, 3.8) is 0 Å². The second-order valence-electron chi connectivity index (χ2n) is 2.34. The highest BCUT2D eigenvalue weighted by atomic mass is 19.3. The number of aromatic nitrogens is 1. The Kier molecular flexibility index (Phi) is 2.50. The van der Waals surface area contributed by atoms with Crippen LogP contribution in [0.25, 0.3) is 0 Å². The third-order valence-corrected chi connectivity index (χ3v) is 1.48. The Hall–Kier alpha value is -1.59. The number of rotatable bonds is 2. The van der Waals surface area contributed by atoms with E-state index >= 15 is 0 Å². The number of nitrogen functional groups attached to an aromatic ring is 1. The Labute approximate surface area is 72.3 Å². The number of halogens is 2. The largest absolute Gasteiger partial charge is 0.482 e. The standard InChI is InChI=1S/C7H8F2N2O2/c1-13-7-5(6(8)9)3(12)2-4(10)11-7/h2,6H,1H3,(H3,10,11,12). The number of hydrogen-bond donors (Lipinski definition) is 2. The third-order valence-electron chi connectivity index (χ3n) is 1.48. The lowest BCUT2D eigenvalue weighted by atomic mass is 10.2.